The molecule has 0 bridgehead atoms. The molecule has 0 aromatic rings. The summed E-state index contributed by atoms with van der Waals surface area (Å²) in [6.45, 7) is 6.34. The zero-order chi connectivity index (χ0) is 15.9. The molecule has 0 aromatic heterocycles. The van der Waals surface area contributed by atoms with E-state index >= 15 is 0 Å². The Balaban J connectivity index is 2.41. The van der Waals surface area contributed by atoms with Gasteiger partial charge in [-0.15, -0.1) is 0 Å². The topological polar surface area (TPSA) is 78.4 Å². The molecule has 1 aliphatic carbocycles. The van der Waals surface area contributed by atoms with Crippen LogP contribution in [0.3, 0.4) is 0 Å². The van der Waals surface area contributed by atoms with E-state index in [0.29, 0.717) is 18.8 Å². The van der Waals surface area contributed by atoms with Crippen LogP contribution in [-0.4, -0.2) is 28.7 Å². The summed E-state index contributed by atoms with van der Waals surface area (Å²) in [6, 6.07) is -0.283. The highest BCUT2D eigenvalue weighted by atomic mass is 16.4. The lowest BCUT2D eigenvalue weighted by Crippen LogP contribution is -2.58. The van der Waals surface area contributed by atoms with Crippen molar-refractivity contribution in [2.45, 2.75) is 83.7 Å². The fourth-order valence-corrected chi connectivity index (χ4v) is 2.93. The summed E-state index contributed by atoms with van der Waals surface area (Å²) in [5.74, 6) is -0.242. The molecule has 0 heterocycles. The van der Waals surface area contributed by atoms with E-state index in [1.54, 1.807) is 0 Å². The summed E-state index contributed by atoms with van der Waals surface area (Å²) >= 11 is 0. The van der Waals surface area contributed by atoms with Gasteiger partial charge in [-0.05, 0) is 32.1 Å². The highest BCUT2D eigenvalue weighted by Gasteiger charge is 2.41. The highest BCUT2D eigenvalue weighted by molar-refractivity contribution is 5.86. The molecule has 1 fully saturated rings. The molecule has 1 atom stereocenters. The van der Waals surface area contributed by atoms with Gasteiger partial charge < -0.3 is 15.7 Å². The molecule has 0 radical (unpaired) electrons. The van der Waals surface area contributed by atoms with Gasteiger partial charge in [-0.25, -0.2) is 9.59 Å². The van der Waals surface area contributed by atoms with E-state index in [1.807, 2.05) is 6.92 Å². The largest absolute Gasteiger partial charge is 0.480 e. The SMILES string of the molecule is CC(C)CCCC(C)NC(=O)NC1(C(=O)O)CCCCC1. The second-order valence-electron chi connectivity index (χ2n) is 6.77. The van der Waals surface area contributed by atoms with Gasteiger partial charge in [-0.3, -0.25) is 0 Å². The van der Waals surface area contributed by atoms with E-state index in [4.69, 9.17) is 0 Å². The van der Waals surface area contributed by atoms with Crippen LogP contribution in [0.4, 0.5) is 4.79 Å². The van der Waals surface area contributed by atoms with Crippen LogP contribution >= 0.6 is 0 Å². The van der Waals surface area contributed by atoms with Crippen molar-refractivity contribution >= 4 is 12.0 Å². The van der Waals surface area contributed by atoms with E-state index < -0.39 is 11.5 Å². The van der Waals surface area contributed by atoms with Gasteiger partial charge in [0.25, 0.3) is 0 Å². The Morgan fingerprint density at radius 3 is 2.24 bits per heavy atom. The third-order valence-corrected chi connectivity index (χ3v) is 4.27. The molecule has 0 aliphatic heterocycles. The Hall–Kier alpha value is -1.26. The number of hydrogen-bond acceptors (Lipinski definition) is 2. The fourth-order valence-electron chi connectivity index (χ4n) is 2.93. The van der Waals surface area contributed by atoms with Gasteiger partial charge in [0, 0.05) is 6.04 Å². The van der Waals surface area contributed by atoms with Crippen molar-refractivity contribution in [2.75, 3.05) is 0 Å². The maximum absolute atomic E-state index is 12.0. The molecule has 1 aliphatic rings. The minimum Gasteiger partial charge on any atom is -0.480 e. The minimum atomic E-state index is -1.07. The molecule has 0 saturated heterocycles. The first-order valence-electron chi connectivity index (χ1n) is 8.18. The first kappa shape index (κ1) is 17.8. The van der Waals surface area contributed by atoms with E-state index in [-0.39, 0.29) is 12.1 Å². The van der Waals surface area contributed by atoms with Crippen molar-refractivity contribution in [1.29, 1.82) is 0 Å². The first-order chi connectivity index (χ1) is 9.85. The molecule has 1 unspecified atom stereocenters. The van der Waals surface area contributed by atoms with Crippen molar-refractivity contribution in [3.63, 3.8) is 0 Å². The van der Waals surface area contributed by atoms with Crippen molar-refractivity contribution in [3.8, 4) is 0 Å². The summed E-state index contributed by atoms with van der Waals surface area (Å²) < 4.78 is 0. The number of carbonyl (C=O) groups is 2. The zero-order valence-electron chi connectivity index (χ0n) is 13.6. The van der Waals surface area contributed by atoms with E-state index in [1.165, 1.54) is 0 Å². The lowest BCUT2D eigenvalue weighted by molar-refractivity contribution is -0.145. The Labute approximate surface area is 127 Å². The predicted molar refractivity (Wildman–Crippen MR) is 83.3 cm³/mol. The highest BCUT2D eigenvalue weighted by Crippen LogP contribution is 2.28. The van der Waals surface area contributed by atoms with Crippen LogP contribution in [0.2, 0.25) is 0 Å². The molecular formula is C16H30N2O3. The molecule has 122 valence electrons. The maximum atomic E-state index is 12.0. The van der Waals surface area contributed by atoms with Gasteiger partial charge in [-0.2, -0.15) is 0 Å². The van der Waals surface area contributed by atoms with Crippen molar-refractivity contribution in [3.05, 3.63) is 0 Å². The van der Waals surface area contributed by atoms with Crippen molar-refractivity contribution in [1.82, 2.24) is 10.6 Å². The zero-order valence-corrected chi connectivity index (χ0v) is 13.6. The van der Waals surface area contributed by atoms with Crippen LogP contribution in [0, 0.1) is 5.92 Å². The summed E-state index contributed by atoms with van der Waals surface area (Å²) in [7, 11) is 0. The van der Waals surface area contributed by atoms with Gasteiger partial charge >= 0.3 is 12.0 Å². The van der Waals surface area contributed by atoms with E-state index in [9.17, 15) is 14.7 Å². The summed E-state index contributed by atoms with van der Waals surface area (Å²) in [6.07, 6.45) is 6.95. The molecule has 0 spiro atoms. The van der Waals surface area contributed by atoms with Gasteiger partial charge in [-0.1, -0.05) is 46.0 Å². The van der Waals surface area contributed by atoms with Crippen LogP contribution in [-0.2, 0) is 4.79 Å². The third-order valence-electron chi connectivity index (χ3n) is 4.27. The molecular weight excluding hydrogens is 268 g/mol. The summed E-state index contributed by atoms with van der Waals surface area (Å²) in [5, 5.41) is 15.0. The maximum Gasteiger partial charge on any atom is 0.329 e. The summed E-state index contributed by atoms with van der Waals surface area (Å²) in [5.41, 5.74) is -1.07. The number of rotatable bonds is 7. The second kappa shape index (κ2) is 8.25. The second-order valence-corrected chi connectivity index (χ2v) is 6.77. The Morgan fingerprint density at radius 1 is 1.10 bits per heavy atom. The van der Waals surface area contributed by atoms with Gasteiger partial charge in [0.2, 0.25) is 0 Å². The molecule has 1 saturated carbocycles. The predicted octanol–water partition coefficient (Wildman–Crippen LogP) is 3.29. The molecule has 5 nitrogen and oxygen atoms in total. The lowest BCUT2D eigenvalue weighted by atomic mass is 9.82. The van der Waals surface area contributed by atoms with Gasteiger partial charge in [0.15, 0.2) is 0 Å². The smallest absolute Gasteiger partial charge is 0.329 e. The molecule has 1 rings (SSSR count). The van der Waals surface area contributed by atoms with E-state index in [2.05, 4.69) is 24.5 Å². The molecule has 21 heavy (non-hydrogen) atoms. The number of amides is 2. The number of hydrogen-bond donors (Lipinski definition) is 3. The molecule has 0 aromatic carbocycles. The fraction of sp³-hybridized carbons (Fsp3) is 0.875. The lowest BCUT2D eigenvalue weighted by Gasteiger charge is -2.34. The average molecular weight is 298 g/mol. The van der Waals surface area contributed by atoms with Gasteiger partial charge in [0.1, 0.15) is 5.54 Å². The van der Waals surface area contributed by atoms with Crippen LogP contribution in [0.25, 0.3) is 0 Å². The van der Waals surface area contributed by atoms with Crippen LogP contribution < -0.4 is 10.6 Å². The molecule has 2 amide bonds. The normalized spacial score (nSPS) is 19.0. The van der Waals surface area contributed by atoms with E-state index in [0.717, 1.165) is 38.5 Å². The van der Waals surface area contributed by atoms with Crippen LogP contribution in [0.5, 0.6) is 0 Å². The summed E-state index contributed by atoms with van der Waals surface area (Å²) in [4.78, 5) is 23.5. The number of aliphatic carboxylic acids is 1. The quantitative estimate of drug-likeness (QED) is 0.675. The van der Waals surface area contributed by atoms with Gasteiger partial charge in [0.05, 0.1) is 0 Å². The number of carboxylic acid groups (broad SMARTS) is 1. The Bertz CT molecular complexity index is 349. The van der Waals surface area contributed by atoms with Crippen LogP contribution in [0.1, 0.15) is 72.1 Å². The van der Waals surface area contributed by atoms with Crippen molar-refractivity contribution < 1.29 is 14.7 Å². The monoisotopic (exact) mass is 298 g/mol. The minimum absolute atomic E-state index is 0.0678. The molecule has 5 heteroatoms. The average Bonchev–Trinajstić information content (AvgIpc) is 2.38. The first-order valence-corrected chi connectivity index (χ1v) is 8.18. The van der Waals surface area contributed by atoms with Crippen molar-refractivity contribution in [2.24, 2.45) is 5.92 Å². The van der Waals surface area contributed by atoms with Crippen LogP contribution in [0.15, 0.2) is 0 Å². The Morgan fingerprint density at radius 2 is 1.71 bits per heavy atom. The third kappa shape index (κ3) is 5.94. The standard InChI is InChI=1S/C16H30N2O3/c1-12(2)8-7-9-13(3)17-15(21)18-16(14(19)20)10-5-4-6-11-16/h12-13H,4-11H2,1-3H3,(H,19,20)(H2,17,18,21). The number of urea groups is 1. The molecule has 3 N–H and O–H groups in total. The number of carboxylic acids is 1. The number of nitrogens with one attached hydrogen (secondary N) is 2. The number of carbonyl (C=O) groups excluding carboxylic acids is 1. The Kier molecular flexibility index (Phi) is 6.99.